The molecule has 94 heavy (non-hydrogen) atoms. The van der Waals surface area contributed by atoms with E-state index in [0.29, 0.717) is 51.4 Å². The lowest BCUT2D eigenvalue weighted by atomic mass is 9.78. The van der Waals surface area contributed by atoms with E-state index >= 15 is 0 Å². The first-order valence-electron chi connectivity index (χ1n) is 35.7. The van der Waals surface area contributed by atoms with Gasteiger partial charge in [-0.2, -0.15) is 0 Å². The second-order valence-electron chi connectivity index (χ2n) is 29.5. The van der Waals surface area contributed by atoms with Crippen LogP contribution in [-0.2, 0) is 57.0 Å². The first-order valence-corrected chi connectivity index (χ1v) is 35.7. The Hall–Kier alpha value is -2.74. The van der Waals surface area contributed by atoms with E-state index in [1.54, 1.807) is 68.3 Å². The molecule has 544 valence electrons. The maximum Gasteiger partial charge on any atom is 0.333 e. The number of carbonyl (C=O) groups is 2. The number of esters is 2. The molecule has 5 aliphatic rings. The molecule has 0 saturated carbocycles. The predicted octanol–water partition coefficient (Wildman–Crippen LogP) is 9.00. The molecular weight excluding hydrogens is 1210 g/mol. The molecule has 8 N–H and O–H groups in total. The van der Waals surface area contributed by atoms with Crippen LogP contribution in [0.5, 0.6) is 0 Å². The highest BCUT2D eigenvalue weighted by Crippen LogP contribution is 2.37. The summed E-state index contributed by atoms with van der Waals surface area (Å²) in [5, 5.41) is 94.8. The quantitative estimate of drug-likeness (QED) is 0.0528. The van der Waals surface area contributed by atoms with Crippen LogP contribution >= 0.6 is 0 Å². The van der Waals surface area contributed by atoms with Crippen molar-refractivity contribution in [3.05, 3.63) is 47.6 Å². The minimum absolute atomic E-state index is 0.0361. The highest BCUT2D eigenvalue weighted by Gasteiger charge is 2.43. The number of carbonyl (C=O) groups excluding carboxylic acids is 2. The molecule has 5 aliphatic heterocycles. The Morgan fingerprint density at radius 3 is 1.15 bits per heavy atom. The average molecular weight is 1340 g/mol. The summed E-state index contributed by atoms with van der Waals surface area (Å²) in [6, 6.07) is 0. The maximum atomic E-state index is 14.2. The molecule has 0 aliphatic carbocycles. The highest BCUT2D eigenvalue weighted by molar-refractivity contribution is 5.88. The Bertz CT molecular complexity index is 2160. The number of hydrogen-bond donors (Lipinski definition) is 8. The van der Waals surface area contributed by atoms with Crippen molar-refractivity contribution in [3.63, 3.8) is 0 Å². The van der Waals surface area contributed by atoms with Crippen molar-refractivity contribution in [3.8, 4) is 0 Å². The zero-order valence-corrected chi connectivity index (χ0v) is 60.0. The summed E-state index contributed by atoms with van der Waals surface area (Å²) in [4.78, 5) is 28.4. The van der Waals surface area contributed by atoms with Crippen molar-refractivity contribution in [1.29, 1.82) is 0 Å². The van der Waals surface area contributed by atoms with E-state index in [2.05, 4.69) is 0 Å². The molecule has 5 rings (SSSR count). The Morgan fingerprint density at radius 2 is 0.809 bits per heavy atom. The van der Waals surface area contributed by atoms with Crippen molar-refractivity contribution in [2.45, 2.75) is 333 Å². The Morgan fingerprint density at radius 1 is 0.457 bits per heavy atom. The van der Waals surface area contributed by atoms with E-state index in [4.69, 9.17) is 47.4 Å². The molecule has 5 heterocycles. The van der Waals surface area contributed by atoms with Crippen LogP contribution in [0.25, 0.3) is 0 Å². The van der Waals surface area contributed by atoms with Gasteiger partial charge in [-0.05, 0) is 129 Å². The van der Waals surface area contributed by atoms with Crippen LogP contribution in [0.2, 0.25) is 0 Å². The van der Waals surface area contributed by atoms with Gasteiger partial charge in [0.2, 0.25) is 0 Å². The van der Waals surface area contributed by atoms with Gasteiger partial charge >= 0.3 is 11.9 Å². The minimum atomic E-state index is -1.18. The van der Waals surface area contributed by atoms with Gasteiger partial charge in [-0.25, -0.2) is 9.59 Å². The maximum absolute atomic E-state index is 14.2. The van der Waals surface area contributed by atoms with E-state index in [-0.39, 0.29) is 110 Å². The lowest BCUT2D eigenvalue weighted by Crippen LogP contribution is -2.46. The van der Waals surface area contributed by atoms with Crippen molar-refractivity contribution >= 4 is 11.9 Å². The lowest BCUT2D eigenvalue weighted by molar-refractivity contribution is -0.160. The fourth-order valence-corrected chi connectivity index (χ4v) is 15.0. The molecule has 0 radical (unpaired) electrons. The fourth-order valence-electron chi connectivity index (χ4n) is 15.0. The van der Waals surface area contributed by atoms with Crippen LogP contribution in [0.15, 0.2) is 47.6 Å². The lowest BCUT2D eigenvalue weighted by Gasteiger charge is -2.38. The Labute approximate surface area is 563 Å². The largest absolute Gasteiger partial charge is 0.458 e. The highest BCUT2D eigenvalue weighted by atomic mass is 16.6. The van der Waals surface area contributed by atoms with Crippen LogP contribution in [0, 0.1) is 47.3 Å². The summed E-state index contributed by atoms with van der Waals surface area (Å²) in [5.74, 6) is -5.62. The molecule has 0 unspecified atom stereocenters. The van der Waals surface area contributed by atoms with E-state index in [1.807, 2.05) is 79.7 Å². The van der Waals surface area contributed by atoms with Gasteiger partial charge in [0.05, 0.1) is 122 Å². The normalized spacial score (nSPS) is 41.4. The van der Waals surface area contributed by atoms with E-state index in [9.17, 15) is 50.4 Å². The molecule has 30 atom stereocenters. The predicted molar refractivity (Wildman–Crippen MR) is 359 cm³/mol. The van der Waals surface area contributed by atoms with Gasteiger partial charge in [-0.3, -0.25) is 0 Å². The molecule has 2 fully saturated rings. The topological polar surface area (TPSA) is 288 Å². The monoisotopic (exact) mass is 1340 g/mol. The van der Waals surface area contributed by atoms with Gasteiger partial charge in [-0.1, -0.05) is 91.8 Å². The van der Waals surface area contributed by atoms with Gasteiger partial charge < -0.3 is 88.2 Å². The van der Waals surface area contributed by atoms with Crippen molar-refractivity contribution in [1.82, 2.24) is 0 Å². The SMILES string of the molecule is CO[C@H]1C[C@H](CC[C@H](C)[C@H](O)[C@H](C)[C@H]2OC(=O)/C(C)=C/C[C@H](O)C[C@@H]3C=CC[C@@H](C[C@H](OC)[C@@H](C)[C@@H](O)C[C@@H](O)[C@H](C)[C@@H]([C@@H](C)[C@@H](O)[C@@H](C)CC[C@H]4C[C@H](OC)C[C@H](C)O4)OC(=O)/C(C)=C/C[C@H](O)C[C@@H]4C=CC[C@@H](C[C@H](OC)[C@@H](C)[C@@H](O)C[C@@H](O)[C@@H]2C)O4)O3)O[C@@H](C)C1. The Balaban J connectivity index is 1.38. The molecule has 2 saturated heterocycles. The van der Waals surface area contributed by atoms with Gasteiger partial charge in [0.15, 0.2) is 0 Å². The van der Waals surface area contributed by atoms with E-state index < -0.39 is 133 Å². The minimum Gasteiger partial charge on any atom is -0.458 e. The second-order valence-corrected chi connectivity index (χ2v) is 29.5. The number of aliphatic hydroxyl groups is 8. The van der Waals surface area contributed by atoms with Crippen LogP contribution in [-0.4, -0.2) is 216 Å². The van der Waals surface area contributed by atoms with Crippen molar-refractivity contribution in [2.75, 3.05) is 28.4 Å². The third-order valence-corrected chi connectivity index (χ3v) is 21.9. The Kier molecular flexibility index (Phi) is 35.3. The summed E-state index contributed by atoms with van der Waals surface area (Å²) in [6.45, 7) is 22.1. The van der Waals surface area contributed by atoms with Gasteiger partial charge in [0.1, 0.15) is 12.2 Å². The third-order valence-electron chi connectivity index (χ3n) is 21.9. The molecule has 0 aromatic heterocycles. The van der Waals surface area contributed by atoms with Crippen LogP contribution in [0.1, 0.15) is 199 Å². The molecule has 0 aromatic rings. The van der Waals surface area contributed by atoms with Gasteiger partial charge in [0.25, 0.3) is 0 Å². The molecule has 20 nitrogen and oxygen atoms in total. The number of fused-ring (bicyclic) bond motifs is 4. The zero-order chi connectivity index (χ0) is 69.7. The van der Waals surface area contributed by atoms with Crippen LogP contribution in [0.4, 0.5) is 0 Å². The number of hydrogen-bond acceptors (Lipinski definition) is 20. The second kappa shape index (κ2) is 40.5. The standard InChI is InChI=1S/C74H128O20/c1-41(25-29-59-35-61(85-13)31-45(5)89-59)69(81)51(11)71-49(9)65(79)39-63(77)47(7)67(87-15)37-57-21-18-20-56(92-57)34-54(76)28-24-44(4)74(84)94-72(52(12)70(82)42(2)26-30-60-36-62(86-14)32-46(6)90-60)50(10)66(80)40-64(78)48(8)68(88-16)38-58-22-17-19-55(91-58)33-53(75)27-23-43(3)73(83)93-71/h17-20,23-24,41-42,45-72,75-82H,21-22,25-40H2,1-16H3/b43-23+,44-24+/t41-,42-,45-,46-,47-,48-,49-,50-,51-,52-,53-,54-,55-,56-,57-,58-,59-,60-,61+,62+,63-,64-,65+,66+,67-,68-,69-,70-,71-,72-/m0/s1. The first-order chi connectivity index (χ1) is 44.5. The molecule has 0 aromatic carbocycles. The zero-order valence-electron chi connectivity index (χ0n) is 60.0. The number of cyclic esters (lactones) is 2. The number of rotatable bonds is 16. The summed E-state index contributed by atoms with van der Waals surface area (Å²) < 4.78 is 61.5. The molecular formula is C74H128O20. The summed E-state index contributed by atoms with van der Waals surface area (Å²) in [5.41, 5.74) is 0.470. The fraction of sp³-hybridized carbons (Fsp3) is 0.865. The smallest absolute Gasteiger partial charge is 0.333 e. The van der Waals surface area contributed by atoms with E-state index in [0.717, 1.165) is 25.7 Å². The van der Waals surface area contributed by atoms with E-state index in [1.165, 1.54) is 0 Å². The molecule has 4 bridgehead atoms. The van der Waals surface area contributed by atoms with Gasteiger partial charge in [-0.15, -0.1) is 0 Å². The summed E-state index contributed by atoms with van der Waals surface area (Å²) in [6.07, 6.45) is 6.49. The molecule has 20 heteroatoms. The summed E-state index contributed by atoms with van der Waals surface area (Å²) >= 11 is 0. The number of ether oxygens (including phenoxy) is 10. The summed E-state index contributed by atoms with van der Waals surface area (Å²) in [7, 11) is 6.56. The average Bonchev–Trinajstić information content (AvgIpc) is 0.891. The van der Waals surface area contributed by atoms with Crippen LogP contribution < -0.4 is 0 Å². The van der Waals surface area contributed by atoms with Crippen LogP contribution in [0.3, 0.4) is 0 Å². The number of aliphatic hydroxyl groups excluding tert-OH is 8. The molecule has 0 spiro atoms. The van der Waals surface area contributed by atoms with Crippen molar-refractivity contribution in [2.24, 2.45) is 47.3 Å². The number of methoxy groups -OCH3 is 4. The van der Waals surface area contributed by atoms with Gasteiger partial charge in [0, 0.05) is 101 Å². The first kappa shape index (κ1) is 81.9. The molecule has 0 amide bonds. The third kappa shape index (κ3) is 25.5. The van der Waals surface area contributed by atoms with Crippen molar-refractivity contribution < 1.29 is 97.8 Å².